The zero-order chi connectivity index (χ0) is 32.1. The first-order valence-electron chi connectivity index (χ1n) is 13.1. The lowest BCUT2D eigenvalue weighted by molar-refractivity contribution is -0.141. The second-order valence-corrected chi connectivity index (χ2v) is 10.8. The van der Waals surface area contributed by atoms with E-state index in [-0.39, 0.29) is 48.9 Å². The van der Waals surface area contributed by atoms with Gasteiger partial charge in [0.05, 0.1) is 0 Å². The quantitative estimate of drug-likeness (QED) is 0.135. The zero-order valence-electron chi connectivity index (χ0n) is 24.9. The summed E-state index contributed by atoms with van der Waals surface area (Å²) < 4.78 is 0. The maximum atomic E-state index is 13.0. The maximum absolute atomic E-state index is 13.0. The molecule has 2 aromatic rings. The summed E-state index contributed by atoms with van der Waals surface area (Å²) in [5.41, 5.74) is 0.518. The van der Waals surface area contributed by atoms with Gasteiger partial charge in [-0.15, -0.1) is 0 Å². The number of hydrogen-bond donors (Lipinski definition) is 0. The molecule has 228 valence electrons. The Morgan fingerprint density at radius 3 is 1.19 bits per heavy atom. The topological polar surface area (TPSA) is 152 Å². The van der Waals surface area contributed by atoms with E-state index in [4.69, 9.17) is 0 Å². The maximum Gasteiger partial charge on any atom is 0.331 e. The fourth-order valence-electron chi connectivity index (χ4n) is 3.36. The molecule has 2 rings (SSSR count). The summed E-state index contributed by atoms with van der Waals surface area (Å²) in [5, 5.41) is 7.33. The van der Waals surface area contributed by atoms with Crippen molar-refractivity contribution in [2.75, 3.05) is 28.2 Å². The van der Waals surface area contributed by atoms with Crippen molar-refractivity contribution < 1.29 is 38.4 Å². The summed E-state index contributed by atoms with van der Waals surface area (Å²) in [6.07, 6.45) is 0.0566. The lowest BCUT2D eigenvalue weighted by atomic mass is 10.0. The Labute approximate surface area is 254 Å². The fraction of sp³-hybridized carbons (Fsp3) is 0.333. The number of carbonyl (C=O) groups excluding carboxylic acids is 6. The summed E-state index contributed by atoms with van der Waals surface area (Å²) in [7, 11) is 6.40. The third-order valence-corrected chi connectivity index (χ3v) is 6.73. The molecule has 0 saturated carbocycles. The SMILES string of the molecule is CC(=O)O/N=C(\CCC(=O)N(C)C)C(=O)c1ccc(Sc2ccc(C(=O)/C(CCC(=O)N(C)C)=N/OC(C)=O)cc2)cc1. The van der Waals surface area contributed by atoms with E-state index in [1.807, 2.05) is 0 Å². The van der Waals surface area contributed by atoms with Gasteiger partial charge in [-0.2, -0.15) is 0 Å². The van der Waals surface area contributed by atoms with Crippen molar-refractivity contribution >= 4 is 58.5 Å². The molecule has 0 N–H and O–H groups in total. The second-order valence-electron chi connectivity index (χ2n) is 9.63. The fourth-order valence-corrected chi connectivity index (χ4v) is 4.17. The lowest BCUT2D eigenvalue weighted by Gasteiger charge is -2.11. The van der Waals surface area contributed by atoms with E-state index in [2.05, 4.69) is 20.0 Å². The Morgan fingerprint density at radius 1 is 0.581 bits per heavy atom. The molecule has 2 amide bonds. The predicted molar refractivity (Wildman–Crippen MR) is 160 cm³/mol. The average molecular weight is 611 g/mol. The molecule has 0 atom stereocenters. The van der Waals surface area contributed by atoms with Gasteiger partial charge in [0.2, 0.25) is 23.4 Å². The van der Waals surface area contributed by atoms with Crippen molar-refractivity contribution in [2.24, 2.45) is 10.3 Å². The van der Waals surface area contributed by atoms with E-state index in [9.17, 15) is 28.8 Å². The number of rotatable bonds is 14. The van der Waals surface area contributed by atoms with Crippen LogP contribution in [0.3, 0.4) is 0 Å². The van der Waals surface area contributed by atoms with E-state index in [0.717, 1.165) is 23.6 Å². The van der Waals surface area contributed by atoms with E-state index >= 15 is 0 Å². The Morgan fingerprint density at radius 2 is 0.907 bits per heavy atom. The summed E-state index contributed by atoms with van der Waals surface area (Å²) in [4.78, 5) is 86.2. The van der Waals surface area contributed by atoms with Crippen molar-refractivity contribution in [3.8, 4) is 0 Å². The molecule has 0 unspecified atom stereocenters. The van der Waals surface area contributed by atoms with Crippen molar-refractivity contribution in [1.29, 1.82) is 0 Å². The first-order valence-corrected chi connectivity index (χ1v) is 14.0. The van der Waals surface area contributed by atoms with Crippen LogP contribution in [-0.2, 0) is 28.9 Å². The van der Waals surface area contributed by atoms with Crippen LogP contribution < -0.4 is 0 Å². The molecule has 0 saturated heterocycles. The van der Waals surface area contributed by atoms with E-state index in [0.29, 0.717) is 11.1 Å². The van der Waals surface area contributed by atoms with Crippen LogP contribution in [0.5, 0.6) is 0 Å². The molecule has 0 radical (unpaired) electrons. The van der Waals surface area contributed by atoms with Crippen LogP contribution in [-0.4, -0.2) is 84.7 Å². The van der Waals surface area contributed by atoms with Gasteiger partial charge in [0, 0.05) is 88.6 Å². The minimum atomic E-state index is -0.684. The Hall–Kier alpha value is -4.65. The minimum absolute atomic E-state index is 0.00393. The van der Waals surface area contributed by atoms with Gasteiger partial charge in [-0.3, -0.25) is 19.2 Å². The predicted octanol–water partition coefficient (Wildman–Crippen LogP) is 3.78. The molecule has 0 bridgehead atoms. The minimum Gasteiger partial charge on any atom is -0.349 e. The van der Waals surface area contributed by atoms with Gasteiger partial charge in [-0.1, -0.05) is 22.1 Å². The molecule has 0 fully saturated rings. The number of nitrogens with zero attached hydrogens (tertiary/aromatic N) is 4. The van der Waals surface area contributed by atoms with Gasteiger partial charge >= 0.3 is 11.9 Å². The van der Waals surface area contributed by atoms with Crippen LogP contribution in [0.1, 0.15) is 60.2 Å². The molecule has 12 nitrogen and oxygen atoms in total. The van der Waals surface area contributed by atoms with Crippen LogP contribution >= 0.6 is 11.8 Å². The number of Topliss-reactive ketones (excluding diaryl/α,β-unsaturated/α-hetero) is 2. The van der Waals surface area contributed by atoms with Crippen LogP contribution in [0.25, 0.3) is 0 Å². The summed E-state index contributed by atoms with van der Waals surface area (Å²) in [6, 6.07) is 13.3. The van der Waals surface area contributed by atoms with Gasteiger partial charge < -0.3 is 19.5 Å². The first-order chi connectivity index (χ1) is 20.3. The number of hydrogen-bond acceptors (Lipinski definition) is 11. The highest BCUT2D eigenvalue weighted by Crippen LogP contribution is 2.28. The molecular formula is C30H34N4O8S. The molecule has 0 aliphatic carbocycles. The van der Waals surface area contributed by atoms with Crippen molar-refractivity contribution in [3.63, 3.8) is 0 Å². The Kier molecular flexibility index (Phi) is 13.4. The molecular weight excluding hydrogens is 576 g/mol. The summed E-state index contributed by atoms with van der Waals surface area (Å²) in [6.45, 7) is 2.32. The van der Waals surface area contributed by atoms with Gasteiger partial charge in [0.25, 0.3) is 0 Å². The molecule has 0 aliphatic heterocycles. The third-order valence-electron chi connectivity index (χ3n) is 5.71. The van der Waals surface area contributed by atoms with Crippen LogP contribution in [0, 0.1) is 0 Å². The van der Waals surface area contributed by atoms with Gasteiger partial charge in [0.1, 0.15) is 11.4 Å². The van der Waals surface area contributed by atoms with Crippen molar-refractivity contribution in [1.82, 2.24) is 9.80 Å². The van der Waals surface area contributed by atoms with Gasteiger partial charge in [0.15, 0.2) is 0 Å². The molecule has 13 heteroatoms. The highest BCUT2D eigenvalue weighted by molar-refractivity contribution is 7.99. The average Bonchev–Trinajstić information content (AvgIpc) is 2.96. The largest absolute Gasteiger partial charge is 0.349 e. The number of benzene rings is 2. The number of oxime groups is 2. The van der Waals surface area contributed by atoms with Crippen LogP contribution in [0.15, 0.2) is 68.6 Å². The van der Waals surface area contributed by atoms with Crippen LogP contribution in [0.4, 0.5) is 0 Å². The zero-order valence-corrected chi connectivity index (χ0v) is 25.7. The molecule has 0 spiro atoms. The smallest absolute Gasteiger partial charge is 0.331 e. The van der Waals surface area contributed by atoms with Gasteiger partial charge in [-0.05, 0) is 48.5 Å². The highest BCUT2D eigenvalue weighted by Gasteiger charge is 2.20. The number of amides is 2. The van der Waals surface area contributed by atoms with Gasteiger partial charge in [-0.25, -0.2) is 9.59 Å². The molecule has 0 heterocycles. The molecule has 0 aliphatic rings. The van der Waals surface area contributed by atoms with E-state index in [1.54, 1.807) is 76.7 Å². The number of ketones is 2. The van der Waals surface area contributed by atoms with Crippen molar-refractivity contribution in [3.05, 3.63) is 59.7 Å². The Bertz CT molecular complexity index is 1310. The molecule has 0 aromatic heterocycles. The monoisotopic (exact) mass is 610 g/mol. The molecule has 2 aromatic carbocycles. The van der Waals surface area contributed by atoms with E-state index in [1.165, 1.54) is 21.6 Å². The van der Waals surface area contributed by atoms with E-state index < -0.39 is 23.5 Å². The number of carbonyl (C=O) groups is 6. The lowest BCUT2D eigenvalue weighted by Crippen LogP contribution is -2.24. The summed E-state index contributed by atoms with van der Waals surface area (Å²) >= 11 is 1.39. The summed E-state index contributed by atoms with van der Waals surface area (Å²) in [5.74, 6) is -2.70. The highest BCUT2D eigenvalue weighted by atomic mass is 32.2. The third kappa shape index (κ3) is 11.6. The Balaban J connectivity index is 2.13. The second kappa shape index (κ2) is 16.7. The van der Waals surface area contributed by atoms with Crippen molar-refractivity contribution in [2.45, 2.75) is 49.3 Å². The van der Waals surface area contributed by atoms with Crippen LogP contribution in [0.2, 0.25) is 0 Å². The first kappa shape index (κ1) is 34.6. The normalized spacial score (nSPS) is 11.4. The molecule has 43 heavy (non-hydrogen) atoms. The standard InChI is InChI=1S/C30H34N4O8S/c1-19(35)41-31-25(15-17-27(37)33(3)4)29(39)21-7-11-23(12-8-21)43-24-13-9-22(10-14-24)30(40)26(32-42-20(2)36)16-18-28(38)34(5)6/h7-14H,15-18H2,1-6H3/b31-25+,32-26+.